The molecule has 0 aliphatic rings. The highest BCUT2D eigenvalue weighted by molar-refractivity contribution is 6.03. The third-order valence-corrected chi connectivity index (χ3v) is 3.66. The van der Waals surface area contributed by atoms with Gasteiger partial charge < -0.3 is 9.84 Å². The highest BCUT2D eigenvalue weighted by Crippen LogP contribution is 2.23. The summed E-state index contributed by atoms with van der Waals surface area (Å²) in [4.78, 5) is 13.8. The van der Waals surface area contributed by atoms with Gasteiger partial charge in [-0.1, -0.05) is 17.3 Å². The van der Waals surface area contributed by atoms with Crippen LogP contribution in [-0.2, 0) is 0 Å². The second-order valence-electron chi connectivity index (χ2n) is 5.38. The number of benzene rings is 2. The number of nitrogens with zero attached hydrogens (tertiary/aromatic N) is 4. The maximum atomic E-state index is 13.8. The fraction of sp³-hybridized carbons (Fsp3) is 0. The molecule has 26 heavy (non-hydrogen) atoms. The molecule has 0 atom stereocenters. The quantitative estimate of drug-likeness (QED) is 0.611. The predicted octanol–water partition coefficient (Wildman–Crippen LogP) is 3.31. The molecule has 0 aliphatic carbocycles. The van der Waals surface area contributed by atoms with E-state index in [0.29, 0.717) is 5.69 Å². The van der Waals surface area contributed by atoms with Crippen molar-refractivity contribution < 1.29 is 13.7 Å². The summed E-state index contributed by atoms with van der Waals surface area (Å²) in [6.07, 6.45) is 3.15. The lowest BCUT2D eigenvalue weighted by Crippen LogP contribution is -2.12. The number of amides is 1. The van der Waals surface area contributed by atoms with Crippen molar-refractivity contribution >= 4 is 11.6 Å². The Morgan fingerprint density at radius 3 is 2.50 bits per heavy atom. The minimum atomic E-state index is -0.457. The first-order valence-electron chi connectivity index (χ1n) is 7.70. The van der Waals surface area contributed by atoms with Gasteiger partial charge in [0.1, 0.15) is 5.82 Å². The van der Waals surface area contributed by atoms with Crippen molar-refractivity contribution in [3.05, 3.63) is 78.5 Å². The molecule has 7 nitrogen and oxygen atoms in total. The maximum Gasteiger partial charge on any atom is 0.277 e. The third-order valence-electron chi connectivity index (χ3n) is 3.66. The van der Waals surface area contributed by atoms with Gasteiger partial charge in [0.15, 0.2) is 11.5 Å². The monoisotopic (exact) mass is 349 g/mol. The summed E-state index contributed by atoms with van der Waals surface area (Å²) in [5.74, 6) is -0.715. The van der Waals surface area contributed by atoms with Gasteiger partial charge in [-0.3, -0.25) is 4.79 Å². The summed E-state index contributed by atoms with van der Waals surface area (Å²) in [5, 5.41) is 14.5. The topological polar surface area (TPSA) is 85.8 Å². The van der Waals surface area contributed by atoms with E-state index in [1.54, 1.807) is 54.9 Å². The van der Waals surface area contributed by atoms with E-state index in [0.717, 1.165) is 5.69 Å². The van der Waals surface area contributed by atoms with Crippen LogP contribution in [0.3, 0.4) is 0 Å². The van der Waals surface area contributed by atoms with Gasteiger partial charge in [0.2, 0.25) is 0 Å². The Bertz CT molecular complexity index is 1040. The Kier molecular flexibility index (Phi) is 3.98. The number of aromatic nitrogens is 4. The van der Waals surface area contributed by atoms with Crippen molar-refractivity contribution in [2.75, 3.05) is 5.32 Å². The molecule has 0 bridgehead atoms. The zero-order chi connectivity index (χ0) is 17.9. The van der Waals surface area contributed by atoms with Crippen LogP contribution in [-0.4, -0.2) is 26.1 Å². The molecule has 4 rings (SSSR count). The summed E-state index contributed by atoms with van der Waals surface area (Å²) < 4.78 is 18.9. The van der Waals surface area contributed by atoms with Crippen molar-refractivity contribution in [1.29, 1.82) is 0 Å². The zero-order valence-corrected chi connectivity index (χ0v) is 13.3. The maximum absolute atomic E-state index is 13.8. The van der Waals surface area contributed by atoms with E-state index >= 15 is 0 Å². The molecule has 0 fully saturated rings. The van der Waals surface area contributed by atoms with E-state index in [-0.39, 0.29) is 17.0 Å². The Morgan fingerprint density at radius 1 is 1.04 bits per heavy atom. The van der Waals surface area contributed by atoms with Gasteiger partial charge in [-0.05, 0) is 36.4 Å². The standard InChI is InChI=1S/C18H12FN5O2/c19-15-4-2-1-3-14(15)17-11-16(23-26-17)18(25)22-12-5-7-13(8-6-12)24-20-9-10-21-24/h1-11H,(H,22,25). The Morgan fingerprint density at radius 2 is 1.77 bits per heavy atom. The molecule has 8 heteroatoms. The van der Waals surface area contributed by atoms with Crippen LogP contribution >= 0.6 is 0 Å². The second kappa shape index (κ2) is 6.60. The molecule has 1 amide bonds. The first-order valence-corrected chi connectivity index (χ1v) is 7.70. The van der Waals surface area contributed by atoms with Gasteiger partial charge in [-0.15, -0.1) is 0 Å². The highest BCUT2D eigenvalue weighted by atomic mass is 19.1. The number of halogens is 1. The zero-order valence-electron chi connectivity index (χ0n) is 13.3. The summed E-state index contributed by atoms with van der Waals surface area (Å²) in [6, 6.07) is 14.5. The van der Waals surface area contributed by atoms with Gasteiger partial charge in [0, 0.05) is 11.8 Å². The van der Waals surface area contributed by atoms with Crippen LogP contribution in [0.4, 0.5) is 10.1 Å². The van der Waals surface area contributed by atoms with E-state index in [9.17, 15) is 9.18 Å². The largest absolute Gasteiger partial charge is 0.355 e. The molecule has 0 saturated heterocycles. The van der Waals surface area contributed by atoms with Crippen LogP contribution in [0.15, 0.2) is 71.5 Å². The normalized spacial score (nSPS) is 10.7. The van der Waals surface area contributed by atoms with Crippen LogP contribution in [0.25, 0.3) is 17.0 Å². The van der Waals surface area contributed by atoms with E-state index in [4.69, 9.17) is 4.52 Å². The molecule has 0 saturated carbocycles. The molecular formula is C18H12FN5O2. The number of hydrogen-bond acceptors (Lipinski definition) is 5. The number of nitrogens with one attached hydrogen (secondary N) is 1. The highest BCUT2D eigenvalue weighted by Gasteiger charge is 2.16. The minimum absolute atomic E-state index is 0.0565. The van der Waals surface area contributed by atoms with E-state index in [1.807, 2.05) is 0 Å². The van der Waals surface area contributed by atoms with Crippen molar-refractivity contribution in [3.63, 3.8) is 0 Å². The summed E-state index contributed by atoms with van der Waals surface area (Å²) in [7, 11) is 0. The third kappa shape index (κ3) is 3.07. The Balaban J connectivity index is 1.49. The molecule has 0 spiro atoms. The number of rotatable bonds is 4. The molecule has 0 radical (unpaired) electrons. The van der Waals surface area contributed by atoms with Gasteiger partial charge >= 0.3 is 0 Å². The second-order valence-corrected chi connectivity index (χ2v) is 5.38. The first-order chi connectivity index (χ1) is 12.7. The molecule has 1 N–H and O–H groups in total. The molecule has 0 unspecified atom stereocenters. The average molecular weight is 349 g/mol. The smallest absolute Gasteiger partial charge is 0.277 e. The number of hydrogen-bond donors (Lipinski definition) is 1. The summed E-state index contributed by atoms with van der Waals surface area (Å²) >= 11 is 0. The van der Waals surface area contributed by atoms with Crippen LogP contribution in [0.1, 0.15) is 10.5 Å². The van der Waals surface area contributed by atoms with Crippen LogP contribution < -0.4 is 5.32 Å². The molecular weight excluding hydrogens is 337 g/mol. The van der Waals surface area contributed by atoms with E-state index in [2.05, 4.69) is 20.7 Å². The number of anilines is 1. The SMILES string of the molecule is O=C(Nc1ccc(-n2nccn2)cc1)c1cc(-c2ccccc2F)on1. The fourth-order valence-corrected chi connectivity index (χ4v) is 2.39. The predicted molar refractivity (Wildman–Crippen MR) is 91.2 cm³/mol. The minimum Gasteiger partial charge on any atom is -0.355 e. The van der Waals surface area contributed by atoms with Gasteiger partial charge in [-0.2, -0.15) is 15.0 Å². The van der Waals surface area contributed by atoms with Crippen molar-refractivity contribution in [3.8, 4) is 17.0 Å². The van der Waals surface area contributed by atoms with Gasteiger partial charge in [0.25, 0.3) is 5.91 Å². The lowest BCUT2D eigenvalue weighted by molar-refractivity contribution is 0.101. The lowest BCUT2D eigenvalue weighted by Gasteiger charge is -2.04. The summed E-state index contributed by atoms with van der Waals surface area (Å²) in [6.45, 7) is 0. The molecule has 2 heterocycles. The molecule has 2 aromatic heterocycles. The Labute approximate surface area is 147 Å². The van der Waals surface area contributed by atoms with Crippen molar-refractivity contribution in [2.24, 2.45) is 0 Å². The van der Waals surface area contributed by atoms with Crippen LogP contribution in [0.2, 0.25) is 0 Å². The van der Waals surface area contributed by atoms with Crippen LogP contribution in [0, 0.1) is 5.82 Å². The fourth-order valence-electron chi connectivity index (χ4n) is 2.39. The lowest BCUT2D eigenvalue weighted by atomic mass is 10.1. The number of carbonyl (C=O) groups is 1. The van der Waals surface area contributed by atoms with E-state index < -0.39 is 11.7 Å². The van der Waals surface area contributed by atoms with E-state index in [1.165, 1.54) is 16.9 Å². The van der Waals surface area contributed by atoms with Gasteiger partial charge in [-0.25, -0.2) is 4.39 Å². The molecule has 0 aliphatic heterocycles. The van der Waals surface area contributed by atoms with Crippen molar-refractivity contribution in [2.45, 2.75) is 0 Å². The van der Waals surface area contributed by atoms with Gasteiger partial charge in [0.05, 0.1) is 23.6 Å². The number of carbonyl (C=O) groups excluding carboxylic acids is 1. The Hall–Kier alpha value is -3.81. The first kappa shape index (κ1) is 15.7. The van der Waals surface area contributed by atoms with Crippen LogP contribution in [0.5, 0.6) is 0 Å². The molecule has 128 valence electrons. The molecule has 2 aromatic carbocycles. The molecule has 4 aromatic rings. The van der Waals surface area contributed by atoms with Crippen molar-refractivity contribution in [1.82, 2.24) is 20.2 Å². The summed E-state index contributed by atoms with van der Waals surface area (Å²) in [5.41, 5.74) is 1.63. The average Bonchev–Trinajstić information content (AvgIpc) is 3.35.